The maximum atomic E-state index is 12.3. The molecule has 1 aliphatic rings. The molecule has 1 aliphatic heterocycles. The fourth-order valence-corrected chi connectivity index (χ4v) is 4.19. The highest BCUT2D eigenvalue weighted by atomic mass is 32.1. The summed E-state index contributed by atoms with van der Waals surface area (Å²) in [5.74, 6) is -0.411. The Morgan fingerprint density at radius 2 is 2.09 bits per heavy atom. The van der Waals surface area contributed by atoms with E-state index in [1.54, 1.807) is 0 Å². The van der Waals surface area contributed by atoms with E-state index >= 15 is 0 Å². The van der Waals surface area contributed by atoms with Crippen molar-refractivity contribution in [1.29, 1.82) is 0 Å². The zero-order valence-electron chi connectivity index (χ0n) is 12.0. The monoisotopic (exact) mass is 344 g/mol. The van der Waals surface area contributed by atoms with E-state index in [4.69, 9.17) is 0 Å². The Morgan fingerprint density at radius 1 is 1.22 bits per heavy atom. The van der Waals surface area contributed by atoms with Crippen molar-refractivity contribution >= 4 is 49.8 Å². The SMILES string of the molecule is O=C(Nc1nc2c(s1)C(=O)NCCC2)c1nc2ccccc2s1. The lowest BCUT2D eigenvalue weighted by atomic mass is 10.2. The molecule has 3 heterocycles. The second-order valence-electron chi connectivity index (χ2n) is 5.10. The quantitative estimate of drug-likeness (QED) is 0.748. The number of fused-ring (bicyclic) bond motifs is 2. The van der Waals surface area contributed by atoms with Crippen LogP contribution in [0.5, 0.6) is 0 Å². The van der Waals surface area contributed by atoms with Gasteiger partial charge in [0, 0.05) is 6.54 Å². The van der Waals surface area contributed by atoms with E-state index in [0.717, 1.165) is 28.8 Å². The minimum absolute atomic E-state index is 0.115. The van der Waals surface area contributed by atoms with E-state index in [1.165, 1.54) is 22.7 Å². The molecule has 4 rings (SSSR count). The number of rotatable bonds is 2. The smallest absolute Gasteiger partial charge is 0.286 e. The fourth-order valence-electron chi connectivity index (χ4n) is 2.41. The van der Waals surface area contributed by atoms with E-state index in [1.807, 2.05) is 24.3 Å². The topological polar surface area (TPSA) is 84.0 Å². The van der Waals surface area contributed by atoms with Gasteiger partial charge in [0.05, 0.1) is 15.9 Å². The number of carbonyl (C=O) groups excluding carboxylic acids is 2. The molecular formula is C15H12N4O2S2. The number of thiazole rings is 2. The molecule has 0 fully saturated rings. The van der Waals surface area contributed by atoms with Crippen LogP contribution in [0.4, 0.5) is 5.13 Å². The van der Waals surface area contributed by atoms with Gasteiger partial charge in [-0.3, -0.25) is 14.9 Å². The Hall–Kier alpha value is -2.32. The summed E-state index contributed by atoms with van der Waals surface area (Å²) in [5.41, 5.74) is 1.56. The predicted octanol–water partition coefficient (Wildman–Crippen LogP) is 2.68. The average Bonchev–Trinajstić information content (AvgIpc) is 3.11. The maximum Gasteiger partial charge on any atom is 0.286 e. The molecule has 0 bridgehead atoms. The van der Waals surface area contributed by atoms with Gasteiger partial charge < -0.3 is 5.32 Å². The predicted molar refractivity (Wildman–Crippen MR) is 90.3 cm³/mol. The summed E-state index contributed by atoms with van der Waals surface area (Å²) < 4.78 is 0.965. The van der Waals surface area contributed by atoms with E-state index in [9.17, 15) is 9.59 Å². The van der Waals surface area contributed by atoms with Crippen LogP contribution in [0.15, 0.2) is 24.3 Å². The number of nitrogens with one attached hydrogen (secondary N) is 2. The molecule has 0 atom stereocenters. The third kappa shape index (κ3) is 2.71. The van der Waals surface area contributed by atoms with Gasteiger partial charge in [0.2, 0.25) is 0 Å². The summed E-state index contributed by atoms with van der Waals surface area (Å²) in [6.45, 7) is 0.662. The van der Waals surface area contributed by atoms with Crippen LogP contribution in [0.25, 0.3) is 10.2 Å². The zero-order chi connectivity index (χ0) is 15.8. The van der Waals surface area contributed by atoms with Crippen LogP contribution in [0.1, 0.15) is 31.6 Å². The van der Waals surface area contributed by atoms with Crippen LogP contribution in [-0.4, -0.2) is 28.3 Å². The summed E-state index contributed by atoms with van der Waals surface area (Å²) >= 11 is 2.55. The number of aryl methyl sites for hydroxylation is 1. The van der Waals surface area contributed by atoms with Crippen LogP contribution >= 0.6 is 22.7 Å². The largest absolute Gasteiger partial charge is 0.351 e. The first kappa shape index (κ1) is 14.3. The number of para-hydroxylation sites is 1. The Morgan fingerprint density at radius 3 is 2.96 bits per heavy atom. The van der Waals surface area contributed by atoms with E-state index < -0.39 is 0 Å². The van der Waals surface area contributed by atoms with E-state index in [2.05, 4.69) is 20.6 Å². The van der Waals surface area contributed by atoms with E-state index in [0.29, 0.717) is 21.6 Å². The first-order chi connectivity index (χ1) is 11.2. The zero-order valence-corrected chi connectivity index (χ0v) is 13.6. The van der Waals surface area contributed by atoms with Crippen molar-refractivity contribution in [2.75, 3.05) is 11.9 Å². The van der Waals surface area contributed by atoms with Gasteiger partial charge in [-0.15, -0.1) is 11.3 Å². The summed E-state index contributed by atoms with van der Waals surface area (Å²) in [5, 5.41) is 6.41. The summed E-state index contributed by atoms with van der Waals surface area (Å²) in [4.78, 5) is 33.6. The van der Waals surface area contributed by atoms with Gasteiger partial charge in [-0.2, -0.15) is 0 Å². The highest BCUT2D eigenvalue weighted by Crippen LogP contribution is 2.27. The molecule has 8 heteroatoms. The fraction of sp³-hybridized carbons (Fsp3) is 0.200. The van der Waals surface area contributed by atoms with Crippen molar-refractivity contribution in [1.82, 2.24) is 15.3 Å². The third-order valence-electron chi connectivity index (χ3n) is 3.49. The molecule has 0 saturated carbocycles. The summed E-state index contributed by atoms with van der Waals surface area (Å²) in [6, 6.07) is 7.61. The molecule has 2 N–H and O–H groups in total. The highest BCUT2D eigenvalue weighted by molar-refractivity contribution is 7.20. The number of aromatic nitrogens is 2. The van der Waals surface area contributed by atoms with Crippen LogP contribution in [0.2, 0.25) is 0 Å². The highest BCUT2D eigenvalue weighted by Gasteiger charge is 2.22. The lowest BCUT2D eigenvalue weighted by molar-refractivity contribution is 0.0958. The minimum atomic E-state index is -0.296. The summed E-state index contributed by atoms with van der Waals surface area (Å²) in [7, 11) is 0. The number of hydrogen-bond donors (Lipinski definition) is 2. The van der Waals surface area contributed by atoms with Gasteiger partial charge in [-0.25, -0.2) is 9.97 Å². The molecule has 6 nitrogen and oxygen atoms in total. The molecule has 0 radical (unpaired) electrons. The van der Waals surface area contributed by atoms with Crippen LogP contribution in [0.3, 0.4) is 0 Å². The molecule has 0 unspecified atom stereocenters. The van der Waals surface area contributed by atoms with Crippen LogP contribution < -0.4 is 10.6 Å². The maximum absolute atomic E-state index is 12.3. The molecular weight excluding hydrogens is 332 g/mol. The van der Waals surface area contributed by atoms with Crippen LogP contribution in [0, 0.1) is 0 Å². The second-order valence-corrected chi connectivity index (χ2v) is 7.12. The third-order valence-corrected chi connectivity index (χ3v) is 5.54. The first-order valence-corrected chi connectivity index (χ1v) is 8.79. The molecule has 116 valence electrons. The number of amides is 2. The van der Waals surface area contributed by atoms with Gasteiger partial charge in [0.1, 0.15) is 4.88 Å². The lowest BCUT2D eigenvalue weighted by Gasteiger charge is -1.98. The van der Waals surface area contributed by atoms with Gasteiger partial charge in [-0.05, 0) is 25.0 Å². The Bertz CT molecular complexity index is 882. The van der Waals surface area contributed by atoms with Crippen LogP contribution in [-0.2, 0) is 6.42 Å². The average molecular weight is 344 g/mol. The van der Waals surface area contributed by atoms with Gasteiger partial charge in [0.15, 0.2) is 10.1 Å². The molecule has 1 aromatic carbocycles. The normalized spacial score (nSPS) is 14.2. The molecule has 2 aromatic heterocycles. The Kier molecular flexibility index (Phi) is 3.55. The van der Waals surface area contributed by atoms with Crippen molar-refractivity contribution < 1.29 is 9.59 Å². The number of benzene rings is 1. The molecule has 3 aromatic rings. The van der Waals surface area contributed by atoms with Crippen molar-refractivity contribution in [3.8, 4) is 0 Å². The van der Waals surface area contributed by atoms with Crippen molar-refractivity contribution in [3.63, 3.8) is 0 Å². The molecule has 0 aliphatic carbocycles. The molecule has 23 heavy (non-hydrogen) atoms. The molecule has 0 spiro atoms. The molecule has 2 amide bonds. The standard InChI is InChI=1S/C15H12N4O2S2/c20-12-11-9(5-3-7-16-12)18-15(23-11)19-13(21)14-17-8-4-1-2-6-10(8)22-14/h1-2,4,6H,3,5,7H2,(H,16,20)(H,18,19,21). The number of anilines is 1. The van der Waals surface area contributed by atoms with Gasteiger partial charge in [-0.1, -0.05) is 23.5 Å². The second kappa shape index (κ2) is 5.71. The lowest BCUT2D eigenvalue weighted by Crippen LogP contribution is -2.21. The Balaban J connectivity index is 1.59. The summed E-state index contributed by atoms with van der Waals surface area (Å²) in [6.07, 6.45) is 1.59. The van der Waals surface area contributed by atoms with Gasteiger partial charge >= 0.3 is 0 Å². The van der Waals surface area contributed by atoms with E-state index in [-0.39, 0.29) is 11.8 Å². The van der Waals surface area contributed by atoms with Crippen molar-refractivity contribution in [2.45, 2.75) is 12.8 Å². The number of carbonyl (C=O) groups is 2. The van der Waals surface area contributed by atoms with Gasteiger partial charge in [0.25, 0.3) is 11.8 Å². The van der Waals surface area contributed by atoms with Crippen molar-refractivity contribution in [3.05, 3.63) is 39.8 Å². The number of hydrogen-bond acceptors (Lipinski definition) is 6. The minimum Gasteiger partial charge on any atom is -0.351 e. The van der Waals surface area contributed by atoms with Crippen molar-refractivity contribution in [2.24, 2.45) is 0 Å². The first-order valence-electron chi connectivity index (χ1n) is 7.15. The molecule has 0 saturated heterocycles. The Labute approximate surface area is 139 Å². The number of nitrogens with zero attached hydrogens (tertiary/aromatic N) is 2.